The molecule has 0 aliphatic carbocycles. The van der Waals surface area contributed by atoms with Gasteiger partial charge in [-0.3, -0.25) is 4.99 Å². The Morgan fingerprint density at radius 1 is 1.27 bits per heavy atom. The molecule has 2 N–H and O–H groups in total. The van der Waals surface area contributed by atoms with Crippen LogP contribution in [0.3, 0.4) is 0 Å². The highest BCUT2D eigenvalue weighted by Gasteiger charge is 2.22. The third-order valence-corrected chi connectivity index (χ3v) is 4.31. The zero-order chi connectivity index (χ0) is 14.7. The van der Waals surface area contributed by atoms with Crippen molar-refractivity contribution in [3.8, 4) is 0 Å². The molecule has 6 heteroatoms. The molecule has 0 saturated carbocycles. The van der Waals surface area contributed by atoms with Crippen LogP contribution in [-0.2, 0) is 11.2 Å². The van der Waals surface area contributed by atoms with Gasteiger partial charge >= 0.3 is 0 Å². The molecule has 1 unspecified atom stereocenters. The van der Waals surface area contributed by atoms with Crippen molar-refractivity contribution in [3.63, 3.8) is 0 Å². The van der Waals surface area contributed by atoms with Gasteiger partial charge in [-0.25, -0.2) is 0 Å². The first-order valence-electron chi connectivity index (χ1n) is 7.73. The summed E-state index contributed by atoms with van der Waals surface area (Å²) >= 11 is 0. The summed E-state index contributed by atoms with van der Waals surface area (Å²) in [5, 5.41) is 0. The lowest BCUT2D eigenvalue weighted by molar-refractivity contribution is 0.0674. The molecule has 1 aromatic carbocycles. The van der Waals surface area contributed by atoms with Crippen molar-refractivity contribution in [2.75, 3.05) is 44.3 Å². The van der Waals surface area contributed by atoms with E-state index in [-0.39, 0.29) is 24.0 Å². The first-order chi connectivity index (χ1) is 10.3. The van der Waals surface area contributed by atoms with Crippen LogP contribution >= 0.6 is 24.0 Å². The number of halogens is 1. The van der Waals surface area contributed by atoms with Gasteiger partial charge in [0.1, 0.15) is 0 Å². The number of nitrogens with zero attached hydrogens (tertiary/aromatic N) is 3. The third-order valence-electron chi connectivity index (χ3n) is 4.31. The molecular formula is C16H25IN4O. The van der Waals surface area contributed by atoms with E-state index in [1.165, 1.54) is 11.3 Å². The van der Waals surface area contributed by atoms with Gasteiger partial charge in [-0.1, -0.05) is 18.2 Å². The number of benzene rings is 1. The van der Waals surface area contributed by atoms with E-state index in [9.17, 15) is 0 Å². The highest BCUT2D eigenvalue weighted by atomic mass is 127. The van der Waals surface area contributed by atoms with Gasteiger partial charge in [0.2, 0.25) is 0 Å². The maximum atomic E-state index is 6.09. The van der Waals surface area contributed by atoms with Crippen LogP contribution in [0, 0.1) is 0 Å². The molecule has 1 aromatic rings. The Balaban J connectivity index is 0.00000176. The normalized spacial score (nSPS) is 19.6. The van der Waals surface area contributed by atoms with E-state index in [2.05, 4.69) is 46.0 Å². The van der Waals surface area contributed by atoms with Gasteiger partial charge in [-0.2, -0.15) is 0 Å². The summed E-state index contributed by atoms with van der Waals surface area (Å²) in [7, 11) is 0. The maximum Gasteiger partial charge on any atom is 0.191 e. The van der Waals surface area contributed by atoms with E-state index in [0.29, 0.717) is 12.0 Å². The fourth-order valence-corrected chi connectivity index (χ4v) is 3.04. The number of aliphatic imine (C=N–C) groups is 1. The molecule has 1 atom stereocenters. The van der Waals surface area contributed by atoms with Crippen LogP contribution in [0.25, 0.3) is 0 Å². The fourth-order valence-electron chi connectivity index (χ4n) is 3.04. The second-order valence-corrected chi connectivity index (χ2v) is 5.72. The van der Waals surface area contributed by atoms with Crippen LogP contribution in [0.1, 0.15) is 12.5 Å². The molecule has 2 aliphatic rings. The SMILES string of the molecule is CC(CN=C(N)N1CCOCC1)N1CCc2ccccc21.I. The average molecular weight is 416 g/mol. The Labute approximate surface area is 149 Å². The number of para-hydroxylation sites is 1. The number of morpholine rings is 1. The molecule has 122 valence electrons. The summed E-state index contributed by atoms with van der Waals surface area (Å²) in [4.78, 5) is 9.13. The second kappa shape index (κ2) is 8.01. The molecule has 3 rings (SSSR count). The summed E-state index contributed by atoms with van der Waals surface area (Å²) in [5.41, 5.74) is 8.88. The highest BCUT2D eigenvalue weighted by Crippen LogP contribution is 2.29. The summed E-state index contributed by atoms with van der Waals surface area (Å²) in [6.07, 6.45) is 1.13. The Morgan fingerprint density at radius 2 is 2.00 bits per heavy atom. The van der Waals surface area contributed by atoms with E-state index in [0.717, 1.165) is 45.8 Å². The fraction of sp³-hybridized carbons (Fsp3) is 0.562. The Kier molecular flexibility index (Phi) is 6.31. The Morgan fingerprint density at radius 3 is 2.77 bits per heavy atom. The highest BCUT2D eigenvalue weighted by molar-refractivity contribution is 14.0. The number of anilines is 1. The number of rotatable bonds is 3. The molecule has 1 fully saturated rings. The van der Waals surface area contributed by atoms with E-state index in [1.807, 2.05) is 0 Å². The van der Waals surface area contributed by atoms with Crippen molar-refractivity contribution in [2.45, 2.75) is 19.4 Å². The van der Waals surface area contributed by atoms with Gasteiger partial charge in [0.15, 0.2) is 5.96 Å². The van der Waals surface area contributed by atoms with Crippen LogP contribution in [0.15, 0.2) is 29.3 Å². The van der Waals surface area contributed by atoms with Gasteiger partial charge in [-0.15, -0.1) is 24.0 Å². The molecule has 0 spiro atoms. The van der Waals surface area contributed by atoms with Gasteiger partial charge in [0.25, 0.3) is 0 Å². The lowest BCUT2D eigenvalue weighted by Gasteiger charge is -2.29. The zero-order valence-electron chi connectivity index (χ0n) is 13.1. The van der Waals surface area contributed by atoms with Crippen molar-refractivity contribution in [1.29, 1.82) is 0 Å². The molecule has 0 bridgehead atoms. The Bertz CT molecular complexity index is 517. The molecule has 0 amide bonds. The number of fused-ring (bicyclic) bond motifs is 1. The van der Waals surface area contributed by atoms with Crippen LogP contribution in [0.5, 0.6) is 0 Å². The number of ether oxygens (including phenoxy) is 1. The number of guanidine groups is 1. The number of nitrogens with two attached hydrogens (primary N) is 1. The maximum absolute atomic E-state index is 6.09. The molecule has 0 radical (unpaired) electrons. The van der Waals surface area contributed by atoms with Crippen molar-refractivity contribution >= 4 is 35.6 Å². The van der Waals surface area contributed by atoms with Crippen molar-refractivity contribution in [1.82, 2.24) is 4.90 Å². The van der Waals surface area contributed by atoms with Gasteiger partial charge in [0.05, 0.1) is 19.8 Å². The van der Waals surface area contributed by atoms with Gasteiger partial charge in [0, 0.05) is 31.4 Å². The summed E-state index contributed by atoms with van der Waals surface area (Å²) in [5.74, 6) is 0.651. The summed E-state index contributed by atoms with van der Waals surface area (Å²) in [6, 6.07) is 9.01. The monoisotopic (exact) mass is 416 g/mol. The first kappa shape index (κ1) is 17.3. The van der Waals surface area contributed by atoms with Crippen molar-refractivity contribution in [2.24, 2.45) is 10.7 Å². The minimum atomic E-state index is 0. The molecule has 5 nitrogen and oxygen atoms in total. The second-order valence-electron chi connectivity index (χ2n) is 5.72. The predicted octanol–water partition coefficient (Wildman–Crippen LogP) is 1.70. The quantitative estimate of drug-likeness (QED) is 0.463. The average Bonchev–Trinajstić information content (AvgIpc) is 2.97. The molecule has 0 aromatic heterocycles. The van der Waals surface area contributed by atoms with E-state index >= 15 is 0 Å². The summed E-state index contributed by atoms with van der Waals surface area (Å²) < 4.78 is 5.34. The number of hydrogen-bond donors (Lipinski definition) is 1. The lowest BCUT2D eigenvalue weighted by atomic mass is 10.2. The van der Waals surface area contributed by atoms with Gasteiger partial charge < -0.3 is 20.3 Å². The van der Waals surface area contributed by atoms with Crippen molar-refractivity contribution in [3.05, 3.63) is 29.8 Å². The first-order valence-corrected chi connectivity index (χ1v) is 7.73. The predicted molar refractivity (Wildman–Crippen MR) is 101 cm³/mol. The number of hydrogen-bond acceptors (Lipinski definition) is 3. The molecular weight excluding hydrogens is 391 g/mol. The summed E-state index contributed by atoms with van der Waals surface area (Å²) in [6.45, 7) is 7.20. The van der Waals surface area contributed by atoms with Crippen LogP contribution in [0.2, 0.25) is 0 Å². The molecule has 2 heterocycles. The van der Waals surface area contributed by atoms with E-state index < -0.39 is 0 Å². The molecule has 22 heavy (non-hydrogen) atoms. The Hall–Kier alpha value is -1.02. The lowest BCUT2D eigenvalue weighted by Crippen LogP contribution is -2.45. The minimum absolute atomic E-state index is 0. The third kappa shape index (κ3) is 3.84. The molecule has 1 saturated heterocycles. The van der Waals surface area contributed by atoms with Crippen LogP contribution in [0.4, 0.5) is 5.69 Å². The van der Waals surface area contributed by atoms with Crippen LogP contribution in [-0.4, -0.2) is 56.3 Å². The smallest absolute Gasteiger partial charge is 0.191 e. The minimum Gasteiger partial charge on any atom is -0.378 e. The zero-order valence-corrected chi connectivity index (χ0v) is 15.4. The standard InChI is InChI=1S/C16H24N4O.HI/c1-13(12-18-16(17)19-8-10-21-11-9-19)20-7-6-14-4-2-3-5-15(14)20;/h2-5,13H,6-12H2,1H3,(H2,17,18);1H. The van der Waals surface area contributed by atoms with E-state index in [4.69, 9.17) is 10.5 Å². The van der Waals surface area contributed by atoms with Crippen molar-refractivity contribution < 1.29 is 4.74 Å². The van der Waals surface area contributed by atoms with Gasteiger partial charge in [-0.05, 0) is 25.0 Å². The van der Waals surface area contributed by atoms with Crippen LogP contribution < -0.4 is 10.6 Å². The topological polar surface area (TPSA) is 54.1 Å². The molecule has 2 aliphatic heterocycles. The van der Waals surface area contributed by atoms with E-state index in [1.54, 1.807) is 0 Å². The largest absolute Gasteiger partial charge is 0.378 e.